The number of rotatable bonds is 6. The SMILES string of the molecule is CCCc1cc(C(=O)NC2CCC(Sc3nc(C)cs3)CC2)n(C)n1. The summed E-state index contributed by atoms with van der Waals surface area (Å²) < 4.78 is 2.87. The van der Waals surface area contributed by atoms with Crippen molar-refractivity contribution >= 4 is 29.0 Å². The van der Waals surface area contributed by atoms with Gasteiger partial charge in [-0.2, -0.15) is 5.10 Å². The van der Waals surface area contributed by atoms with Gasteiger partial charge in [0.25, 0.3) is 5.91 Å². The largest absolute Gasteiger partial charge is 0.348 e. The number of nitrogens with zero attached hydrogens (tertiary/aromatic N) is 3. The molecule has 1 aliphatic rings. The molecule has 1 saturated carbocycles. The molecule has 1 amide bonds. The second kappa shape index (κ2) is 8.36. The molecule has 0 aromatic carbocycles. The highest BCUT2D eigenvalue weighted by Crippen LogP contribution is 2.35. The lowest BCUT2D eigenvalue weighted by atomic mass is 9.95. The van der Waals surface area contributed by atoms with Crippen LogP contribution in [0.2, 0.25) is 0 Å². The number of aromatic nitrogens is 3. The monoisotopic (exact) mass is 378 g/mol. The van der Waals surface area contributed by atoms with Gasteiger partial charge in [-0.15, -0.1) is 11.3 Å². The lowest BCUT2D eigenvalue weighted by Gasteiger charge is -2.28. The zero-order chi connectivity index (χ0) is 17.8. The van der Waals surface area contributed by atoms with Gasteiger partial charge in [0.05, 0.1) is 5.69 Å². The molecule has 0 aliphatic heterocycles. The Morgan fingerprint density at radius 2 is 2.16 bits per heavy atom. The predicted octanol–water partition coefficient (Wildman–Crippen LogP) is 3.97. The first-order valence-corrected chi connectivity index (χ1v) is 10.7. The summed E-state index contributed by atoms with van der Waals surface area (Å²) in [5.74, 6) is 0.00371. The molecule has 0 saturated heterocycles. The summed E-state index contributed by atoms with van der Waals surface area (Å²) in [5.41, 5.74) is 2.76. The molecule has 0 bridgehead atoms. The maximum absolute atomic E-state index is 12.5. The minimum atomic E-state index is 0.00371. The molecule has 2 heterocycles. The minimum Gasteiger partial charge on any atom is -0.348 e. The predicted molar refractivity (Wildman–Crippen MR) is 103 cm³/mol. The fraction of sp³-hybridized carbons (Fsp3) is 0.611. The zero-order valence-corrected chi connectivity index (χ0v) is 16.8. The molecule has 3 rings (SSSR count). The number of amides is 1. The Morgan fingerprint density at radius 1 is 1.40 bits per heavy atom. The number of hydrogen-bond acceptors (Lipinski definition) is 5. The van der Waals surface area contributed by atoms with Crippen molar-refractivity contribution in [1.29, 1.82) is 0 Å². The van der Waals surface area contributed by atoms with Crippen LogP contribution in [-0.4, -0.2) is 32.0 Å². The number of thiazole rings is 1. The summed E-state index contributed by atoms with van der Waals surface area (Å²) in [5, 5.41) is 10.3. The Kier molecular flexibility index (Phi) is 6.17. The van der Waals surface area contributed by atoms with Crippen molar-refractivity contribution in [3.63, 3.8) is 0 Å². The van der Waals surface area contributed by atoms with Crippen molar-refractivity contribution in [2.45, 2.75) is 68.0 Å². The summed E-state index contributed by atoms with van der Waals surface area (Å²) >= 11 is 3.63. The van der Waals surface area contributed by atoms with Crippen LogP contribution in [0.1, 0.15) is 60.9 Å². The minimum absolute atomic E-state index is 0.00371. The molecule has 2 aromatic heterocycles. The van der Waals surface area contributed by atoms with E-state index in [1.165, 1.54) is 4.34 Å². The Labute approximate surface area is 157 Å². The van der Waals surface area contributed by atoms with E-state index in [2.05, 4.69) is 27.7 Å². The zero-order valence-electron chi connectivity index (χ0n) is 15.1. The van der Waals surface area contributed by atoms with Gasteiger partial charge in [-0.05, 0) is 45.1 Å². The summed E-state index contributed by atoms with van der Waals surface area (Å²) in [7, 11) is 1.84. The lowest BCUT2D eigenvalue weighted by Crippen LogP contribution is -2.38. The molecule has 7 heteroatoms. The van der Waals surface area contributed by atoms with E-state index >= 15 is 0 Å². The van der Waals surface area contributed by atoms with E-state index < -0.39 is 0 Å². The Bertz CT molecular complexity index is 716. The number of hydrogen-bond donors (Lipinski definition) is 1. The molecule has 0 spiro atoms. The average molecular weight is 379 g/mol. The van der Waals surface area contributed by atoms with E-state index in [-0.39, 0.29) is 11.9 Å². The smallest absolute Gasteiger partial charge is 0.269 e. The molecule has 1 aliphatic carbocycles. The van der Waals surface area contributed by atoms with Crippen LogP contribution in [0.4, 0.5) is 0 Å². The summed E-state index contributed by atoms with van der Waals surface area (Å²) in [6.45, 7) is 4.16. The number of carbonyl (C=O) groups is 1. The highest BCUT2D eigenvalue weighted by molar-refractivity contribution is 8.01. The second-order valence-corrected chi connectivity index (χ2v) is 9.12. The first kappa shape index (κ1) is 18.5. The van der Waals surface area contributed by atoms with Gasteiger partial charge < -0.3 is 5.32 Å². The third kappa shape index (κ3) is 4.85. The van der Waals surface area contributed by atoms with Crippen LogP contribution >= 0.6 is 23.1 Å². The molecule has 25 heavy (non-hydrogen) atoms. The summed E-state index contributed by atoms with van der Waals surface area (Å²) in [6, 6.07) is 2.19. The van der Waals surface area contributed by atoms with E-state index in [4.69, 9.17) is 0 Å². The first-order chi connectivity index (χ1) is 12.0. The van der Waals surface area contributed by atoms with E-state index in [1.807, 2.05) is 31.8 Å². The fourth-order valence-electron chi connectivity index (χ4n) is 3.23. The standard InChI is InChI=1S/C18H26N4OS2/c1-4-5-14-10-16(22(3)21-14)17(23)20-13-6-8-15(9-7-13)25-18-19-12(2)11-24-18/h10-11,13,15H,4-9H2,1-3H3,(H,20,23). The van der Waals surface area contributed by atoms with Crippen LogP contribution in [0.3, 0.4) is 0 Å². The number of nitrogens with one attached hydrogen (secondary N) is 1. The third-order valence-corrected chi connectivity index (χ3v) is 6.97. The van der Waals surface area contributed by atoms with Gasteiger partial charge in [0.1, 0.15) is 10.0 Å². The molecule has 1 fully saturated rings. The molecule has 0 unspecified atom stereocenters. The molecule has 1 N–H and O–H groups in total. The molecular weight excluding hydrogens is 352 g/mol. The van der Waals surface area contributed by atoms with E-state index in [9.17, 15) is 4.79 Å². The van der Waals surface area contributed by atoms with Gasteiger partial charge in [0.2, 0.25) is 0 Å². The van der Waals surface area contributed by atoms with Crippen molar-refractivity contribution in [1.82, 2.24) is 20.1 Å². The highest BCUT2D eigenvalue weighted by atomic mass is 32.2. The Balaban J connectivity index is 1.49. The number of carbonyl (C=O) groups excluding carboxylic acids is 1. The topological polar surface area (TPSA) is 59.8 Å². The van der Waals surface area contributed by atoms with Gasteiger partial charge in [0, 0.05) is 29.4 Å². The van der Waals surface area contributed by atoms with Crippen molar-refractivity contribution in [3.8, 4) is 0 Å². The van der Waals surface area contributed by atoms with Gasteiger partial charge in [0.15, 0.2) is 0 Å². The van der Waals surface area contributed by atoms with Crippen LogP contribution in [0.25, 0.3) is 0 Å². The highest BCUT2D eigenvalue weighted by Gasteiger charge is 2.25. The van der Waals surface area contributed by atoms with Gasteiger partial charge >= 0.3 is 0 Å². The maximum Gasteiger partial charge on any atom is 0.269 e. The summed E-state index contributed by atoms with van der Waals surface area (Å²) in [4.78, 5) is 17.1. The quantitative estimate of drug-likeness (QED) is 0.826. The number of thioether (sulfide) groups is 1. The average Bonchev–Trinajstić information content (AvgIpc) is 3.15. The van der Waals surface area contributed by atoms with Crippen LogP contribution < -0.4 is 5.32 Å². The van der Waals surface area contributed by atoms with Crippen LogP contribution in [0.5, 0.6) is 0 Å². The van der Waals surface area contributed by atoms with Crippen molar-refractivity contribution < 1.29 is 4.79 Å². The van der Waals surface area contributed by atoms with E-state index in [0.717, 1.165) is 49.9 Å². The maximum atomic E-state index is 12.5. The first-order valence-electron chi connectivity index (χ1n) is 8.97. The fourth-order valence-corrected chi connectivity index (χ4v) is 5.52. The normalized spacial score (nSPS) is 20.6. The van der Waals surface area contributed by atoms with Crippen molar-refractivity contribution in [2.75, 3.05) is 0 Å². The second-order valence-electron chi connectivity index (χ2n) is 6.71. The molecule has 136 valence electrons. The van der Waals surface area contributed by atoms with Crippen molar-refractivity contribution in [3.05, 3.63) is 28.5 Å². The van der Waals surface area contributed by atoms with E-state index in [1.54, 1.807) is 16.0 Å². The van der Waals surface area contributed by atoms with Crippen LogP contribution in [0.15, 0.2) is 15.8 Å². The molecule has 2 aromatic rings. The molecule has 0 atom stereocenters. The Hall–Kier alpha value is -1.34. The van der Waals surface area contributed by atoms with Crippen LogP contribution in [-0.2, 0) is 13.5 Å². The summed E-state index contributed by atoms with van der Waals surface area (Å²) in [6.07, 6.45) is 6.28. The molecular formula is C18H26N4OS2. The molecule has 5 nitrogen and oxygen atoms in total. The number of aryl methyl sites for hydroxylation is 3. The van der Waals surface area contributed by atoms with Crippen molar-refractivity contribution in [2.24, 2.45) is 7.05 Å². The van der Waals surface area contributed by atoms with Gasteiger partial charge in [-0.1, -0.05) is 25.1 Å². The lowest BCUT2D eigenvalue weighted by molar-refractivity contribution is 0.0918. The van der Waals surface area contributed by atoms with Gasteiger partial charge in [-0.3, -0.25) is 9.48 Å². The van der Waals surface area contributed by atoms with E-state index in [0.29, 0.717) is 10.9 Å². The van der Waals surface area contributed by atoms with Gasteiger partial charge in [-0.25, -0.2) is 4.98 Å². The van der Waals surface area contributed by atoms with Crippen LogP contribution in [0, 0.1) is 6.92 Å². The molecule has 0 radical (unpaired) electrons. The Morgan fingerprint density at radius 3 is 2.80 bits per heavy atom. The third-order valence-electron chi connectivity index (χ3n) is 4.54.